The van der Waals surface area contributed by atoms with E-state index in [2.05, 4.69) is 0 Å². The minimum Gasteiger partial charge on any atom is -0.394 e. The van der Waals surface area contributed by atoms with Crippen LogP contribution in [0.4, 0.5) is 0 Å². The number of hydrogen-bond acceptors (Lipinski definition) is 31. The van der Waals surface area contributed by atoms with Crippen molar-refractivity contribution in [1.82, 2.24) is 0 Å². The van der Waals surface area contributed by atoms with Crippen molar-refractivity contribution in [3.8, 4) is 0 Å². The molecular weight excluding hydrogens is 977 g/mol. The van der Waals surface area contributed by atoms with Crippen molar-refractivity contribution in [1.29, 1.82) is 0 Å². The highest BCUT2D eigenvalue weighted by atomic mass is 32.2. The average molecular weight is 1040 g/mol. The quantitative estimate of drug-likeness (QED) is 0.0682. The Bertz CT molecular complexity index is 1510. The second kappa shape index (κ2) is 24.3. The lowest BCUT2D eigenvalue weighted by Crippen LogP contribution is -2.65. The van der Waals surface area contributed by atoms with E-state index in [4.69, 9.17) is 37.9 Å². The number of aliphatic hydroxyl groups excluding tert-OH is 20. The van der Waals surface area contributed by atoms with Gasteiger partial charge < -0.3 is 140 Å². The molecule has 0 aromatic heterocycles. The molecule has 392 valence electrons. The van der Waals surface area contributed by atoms with Crippen molar-refractivity contribution in [3.05, 3.63) is 0 Å². The van der Waals surface area contributed by atoms with Gasteiger partial charge in [0.05, 0.1) is 92.0 Å². The number of thioether (sulfide) groups is 3. The highest BCUT2D eigenvalue weighted by molar-refractivity contribution is 8.01. The van der Waals surface area contributed by atoms with Gasteiger partial charge in [-0.3, -0.25) is 0 Å². The van der Waals surface area contributed by atoms with Gasteiger partial charge in [0.2, 0.25) is 0 Å². The van der Waals surface area contributed by atoms with Gasteiger partial charge in [-0.25, -0.2) is 0 Å². The largest absolute Gasteiger partial charge is 0.394 e. The normalized spacial score (nSPS) is 53.4. The summed E-state index contributed by atoms with van der Waals surface area (Å²) in [5.74, 6) is 0. The monoisotopic (exact) mass is 1040 g/mol. The van der Waals surface area contributed by atoms with Gasteiger partial charge in [-0.15, -0.1) is 35.3 Å². The van der Waals surface area contributed by atoms with Crippen molar-refractivity contribution >= 4 is 35.3 Å². The first-order chi connectivity index (χ1) is 31.8. The molecule has 0 aromatic carbocycles. The van der Waals surface area contributed by atoms with Gasteiger partial charge in [0.25, 0.3) is 0 Å². The average Bonchev–Trinajstić information content (AvgIpc) is 3.32. The maximum atomic E-state index is 11.3. The summed E-state index contributed by atoms with van der Waals surface area (Å²) in [7, 11) is 0. The molecule has 0 bridgehead atoms. The molecule has 6 aliphatic rings. The van der Waals surface area contributed by atoms with Gasteiger partial charge in [0.1, 0.15) is 108 Å². The lowest BCUT2D eigenvalue weighted by atomic mass is 9.98. The van der Waals surface area contributed by atoms with Crippen LogP contribution in [0.2, 0.25) is 0 Å². The molecule has 0 aliphatic carbocycles. The van der Waals surface area contributed by atoms with Gasteiger partial charge in [0, 0.05) is 0 Å². The fraction of sp³-hybridized carbons (Fsp3) is 1.00. The Labute approximate surface area is 393 Å². The molecule has 0 amide bonds. The molecule has 28 nitrogen and oxygen atoms in total. The first kappa shape index (κ1) is 56.2. The lowest BCUT2D eigenvalue weighted by Gasteiger charge is -2.49. The summed E-state index contributed by atoms with van der Waals surface area (Å²) in [6.45, 7) is -5.03. The summed E-state index contributed by atoms with van der Waals surface area (Å²) in [5.41, 5.74) is -4.46. The third-order valence-corrected chi connectivity index (χ3v) is 17.1. The Morgan fingerprint density at radius 2 is 0.597 bits per heavy atom. The van der Waals surface area contributed by atoms with Crippen LogP contribution in [0.5, 0.6) is 0 Å². The van der Waals surface area contributed by atoms with Crippen molar-refractivity contribution in [2.75, 3.05) is 39.6 Å². The number of aliphatic hydroxyl groups is 20. The van der Waals surface area contributed by atoms with E-state index in [9.17, 15) is 102 Å². The van der Waals surface area contributed by atoms with Crippen LogP contribution in [-0.2, 0) is 37.9 Å². The maximum absolute atomic E-state index is 11.3. The molecule has 67 heavy (non-hydrogen) atoms. The van der Waals surface area contributed by atoms with Crippen LogP contribution in [-0.4, -0.2) is 321 Å². The van der Waals surface area contributed by atoms with Gasteiger partial charge in [-0.2, -0.15) is 0 Å². The molecule has 6 aliphatic heterocycles. The van der Waals surface area contributed by atoms with Gasteiger partial charge in [0.15, 0.2) is 18.9 Å². The molecule has 6 rings (SSSR count). The molecular formula is C36H62O28S3. The molecule has 31 heteroatoms. The van der Waals surface area contributed by atoms with E-state index in [1.54, 1.807) is 0 Å². The zero-order valence-electron chi connectivity index (χ0n) is 35.0. The SMILES string of the molecule is OCC1OC(SC2C(CO)OC(OC3C(CO)OC(SC4C(CO)OC(OC5C(CO)OC(SC6C(CO)OC(O)C(O)C6O)C(O)C5O)C(O)C4O)C(O)C3O)C(O)C2O)C(O)C(O)C1O. The van der Waals surface area contributed by atoms with E-state index < -0.39 is 219 Å². The third-order valence-electron chi connectivity index (χ3n) is 12.4. The lowest BCUT2D eigenvalue weighted by molar-refractivity contribution is -0.322. The molecule has 20 N–H and O–H groups in total. The van der Waals surface area contributed by atoms with Crippen LogP contribution >= 0.6 is 35.3 Å². The van der Waals surface area contributed by atoms with Crippen LogP contribution in [0.1, 0.15) is 0 Å². The molecule has 6 heterocycles. The predicted molar refractivity (Wildman–Crippen MR) is 219 cm³/mol. The van der Waals surface area contributed by atoms with Gasteiger partial charge in [-0.1, -0.05) is 0 Å². The smallest absolute Gasteiger partial charge is 0.187 e. The van der Waals surface area contributed by atoms with Crippen LogP contribution in [0, 0.1) is 0 Å². The van der Waals surface area contributed by atoms with Gasteiger partial charge >= 0.3 is 0 Å². The van der Waals surface area contributed by atoms with Crippen LogP contribution < -0.4 is 0 Å². The third kappa shape index (κ3) is 11.7. The molecule has 30 unspecified atom stereocenters. The first-order valence-electron chi connectivity index (χ1n) is 21.1. The Balaban J connectivity index is 1.07. The van der Waals surface area contributed by atoms with E-state index in [1.807, 2.05) is 0 Å². The molecule has 0 spiro atoms. The fourth-order valence-electron chi connectivity index (χ4n) is 8.52. The minimum atomic E-state index is -2.03. The number of hydrogen-bond donors (Lipinski definition) is 20. The zero-order valence-corrected chi connectivity index (χ0v) is 37.4. The summed E-state index contributed by atoms with van der Waals surface area (Å²) in [6, 6.07) is 0. The highest BCUT2D eigenvalue weighted by Gasteiger charge is 2.57. The number of rotatable bonds is 16. The van der Waals surface area contributed by atoms with Gasteiger partial charge in [-0.05, 0) is 0 Å². The summed E-state index contributed by atoms with van der Waals surface area (Å²) < 4.78 is 45.0. The van der Waals surface area contributed by atoms with Crippen molar-refractivity contribution < 1.29 is 140 Å². The molecule has 0 radical (unpaired) electrons. The van der Waals surface area contributed by atoms with E-state index in [-0.39, 0.29) is 0 Å². The first-order valence-corrected chi connectivity index (χ1v) is 24.0. The second-order valence-electron chi connectivity index (χ2n) is 16.8. The Morgan fingerprint density at radius 3 is 0.955 bits per heavy atom. The van der Waals surface area contributed by atoms with Crippen molar-refractivity contribution in [3.63, 3.8) is 0 Å². The van der Waals surface area contributed by atoms with Crippen LogP contribution in [0.15, 0.2) is 0 Å². The molecule has 6 fully saturated rings. The van der Waals surface area contributed by atoms with E-state index in [0.717, 1.165) is 0 Å². The Morgan fingerprint density at radius 1 is 0.284 bits per heavy atom. The molecule has 6 saturated heterocycles. The summed E-state index contributed by atoms with van der Waals surface area (Å²) in [4.78, 5) is 0. The molecule has 0 saturated carbocycles. The van der Waals surface area contributed by atoms with E-state index >= 15 is 0 Å². The summed E-state index contributed by atoms with van der Waals surface area (Å²) in [5, 5.41) is 207. The fourth-order valence-corrected chi connectivity index (χ4v) is 13.0. The standard InChI is InChI=1S/C36H62O28S3/c37-1-7-13(43)14(44)23(53)34(60-7)66-29-11(5-41)58-32(21(51)18(29)48)64-27-9(3-39)62-36(25(55)16(27)46)67-30-12(6-42)59-33(22(52)19(30)49)63-26-8(2-38)61-35(24(54)15(26)45)65-28-10(4-40)57-31(56)20(50)17(28)47/h7-56H,1-6H2. The second-order valence-corrected chi connectivity index (χ2v) is 20.6. The number of ether oxygens (including phenoxy) is 8. The summed E-state index contributed by atoms with van der Waals surface area (Å²) >= 11 is 1.75. The molecule has 0 aromatic rings. The highest BCUT2D eigenvalue weighted by Crippen LogP contribution is 2.43. The van der Waals surface area contributed by atoms with Crippen LogP contribution in [0.3, 0.4) is 0 Å². The minimum absolute atomic E-state index is 0.536. The maximum Gasteiger partial charge on any atom is 0.187 e. The van der Waals surface area contributed by atoms with E-state index in [0.29, 0.717) is 35.3 Å². The zero-order chi connectivity index (χ0) is 49.3. The Hall–Kier alpha value is -0.0700. The predicted octanol–water partition coefficient (Wildman–Crippen LogP) is -12.0. The van der Waals surface area contributed by atoms with Crippen LogP contribution in [0.25, 0.3) is 0 Å². The van der Waals surface area contributed by atoms with E-state index in [1.165, 1.54) is 0 Å². The summed E-state index contributed by atoms with van der Waals surface area (Å²) in [6.07, 6.45) is -41.8. The molecule has 30 atom stereocenters. The van der Waals surface area contributed by atoms with Crippen molar-refractivity contribution in [2.45, 2.75) is 179 Å². The topological polar surface area (TPSA) is 478 Å². The van der Waals surface area contributed by atoms with Crippen molar-refractivity contribution in [2.24, 2.45) is 0 Å². The Kier molecular flexibility index (Phi) is 20.4.